The molecule has 0 aromatic carbocycles. The predicted molar refractivity (Wildman–Crippen MR) is 59.8 cm³/mol. The van der Waals surface area contributed by atoms with Gasteiger partial charge in [0.15, 0.2) is 23.8 Å². The molecule has 15 heavy (non-hydrogen) atoms. The van der Waals surface area contributed by atoms with Crippen LogP contribution in [-0.4, -0.2) is 17.2 Å². The van der Waals surface area contributed by atoms with Crippen molar-refractivity contribution in [3.63, 3.8) is 0 Å². The Morgan fingerprint density at radius 3 is 2.67 bits per heavy atom. The Bertz CT molecular complexity index is 335. The molecule has 0 amide bonds. The molecule has 0 atom stereocenters. The van der Waals surface area contributed by atoms with Crippen LogP contribution in [0.3, 0.4) is 0 Å². The van der Waals surface area contributed by atoms with Gasteiger partial charge in [0.25, 0.3) is 0 Å². The highest BCUT2D eigenvalue weighted by molar-refractivity contribution is 8.13. The summed E-state index contributed by atoms with van der Waals surface area (Å²) in [6.45, 7) is 2.45. The van der Waals surface area contributed by atoms with Crippen molar-refractivity contribution in [3.8, 4) is 0 Å². The maximum Gasteiger partial charge on any atom is 0.185 e. The molecule has 0 aliphatic heterocycles. The molecule has 3 nitrogen and oxygen atoms in total. The van der Waals surface area contributed by atoms with Crippen LogP contribution in [0.25, 0.3) is 0 Å². The van der Waals surface area contributed by atoms with Gasteiger partial charge in [0.05, 0.1) is 0 Å². The molecule has 0 N–H and O–H groups in total. The number of carbonyl (C=O) groups excluding carboxylic acids is 2. The van der Waals surface area contributed by atoms with Crippen LogP contribution in [0.1, 0.15) is 23.7 Å². The van der Waals surface area contributed by atoms with Gasteiger partial charge < -0.3 is 0 Å². The fraction of sp³-hybridized carbons (Fsp3) is 0.364. The van der Waals surface area contributed by atoms with E-state index in [0.717, 1.165) is 25.0 Å². The summed E-state index contributed by atoms with van der Waals surface area (Å²) in [5.41, 5.74) is 0.685. The number of aromatic nitrogens is 1. The van der Waals surface area contributed by atoms with E-state index in [1.165, 1.54) is 11.8 Å². The Morgan fingerprint density at radius 1 is 1.47 bits per heavy atom. The van der Waals surface area contributed by atoms with Crippen LogP contribution in [0.4, 0.5) is 0 Å². The topological polar surface area (TPSA) is 38.0 Å². The summed E-state index contributed by atoms with van der Waals surface area (Å²) in [6.07, 6.45) is 5.54. The SMILES string of the molecule is CC(=O)SCCC[n+]1ccc(C=O)cc1. The molecule has 0 aliphatic carbocycles. The molecule has 1 aromatic rings. The molecular formula is C11H14NO2S+. The van der Waals surface area contributed by atoms with Crippen LogP contribution in [0, 0.1) is 0 Å². The molecule has 0 unspecified atom stereocenters. The van der Waals surface area contributed by atoms with E-state index >= 15 is 0 Å². The van der Waals surface area contributed by atoms with Gasteiger partial charge in [0.1, 0.15) is 6.54 Å². The number of rotatable bonds is 5. The highest BCUT2D eigenvalue weighted by atomic mass is 32.2. The lowest BCUT2D eigenvalue weighted by Crippen LogP contribution is -2.32. The molecule has 1 aromatic heterocycles. The average molecular weight is 224 g/mol. The molecule has 0 aliphatic rings. The standard InChI is InChI=1S/C11H14NO2S/c1-10(14)15-8-2-5-12-6-3-11(9-13)4-7-12/h3-4,6-7,9H,2,5,8H2,1H3/q+1. The van der Waals surface area contributed by atoms with Gasteiger partial charge in [-0.2, -0.15) is 0 Å². The smallest absolute Gasteiger partial charge is 0.185 e. The van der Waals surface area contributed by atoms with Gasteiger partial charge in [-0.25, -0.2) is 4.57 Å². The van der Waals surface area contributed by atoms with E-state index in [-0.39, 0.29) is 5.12 Å². The molecule has 1 rings (SSSR count). The summed E-state index contributed by atoms with van der Waals surface area (Å²) < 4.78 is 2.01. The Balaban J connectivity index is 2.31. The lowest BCUT2D eigenvalue weighted by molar-refractivity contribution is -0.696. The molecule has 0 saturated carbocycles. The number of thioether (sulfide) groups is 1. The van der Waals surface area contributed by atoms with Gasteiger partial charge in [0.2, 0.25) is 0 Å². The summed E-state index contributed by atoms with van der Waals surface area (Å²) in [5.74, 6) is 0.845. The van der Waals surface area contributed by atoms with Crippen molar-refractivity contribution in [2.45, 2.75) is 19.9 Å². The van der Waals surface area contributed by atoms with Crippen molar-refractivity contribution in [3.05, 3.63) is 30.1 Å². The van der Waals surface area contributed by atoms with Gasteiger partial charge in [-0.05, 0) is 0 Å². The maximum atomic E-state index is 10.7. The summed E-state index contributed by atoms with van der Waals surface area (Å²) in [4.78, 5) is 21.1. The fourth-order valence-electron chi connectivity index (χ4n) is 1.16. The van der Waals surface area contributed by atoms with Gasteiger partial charge in [-0.1, -0.05) is 11.8 Å². The maximum absolute atomic E-state index is 10.7. The molecule has 0 bridgehead atoms. The zero-order valence-corrected chi connectivity index (χ0v) is 9.50. The van der Waals surface area contributed by atoms with Crippen molar-refractivity contribution < 1.29 is 14.2 Å². The van der Waals surface area contributed by atoms with Gasteiger partial charge >= 0.3 is 0 Å². The Kier molecular flexibility index (Phi) is 5.04. The third-order valence-corrected chi connectivity index (χ3v) is 2.82. The normalized spacial score (nSPS) is 9.93. The number of nitrogens with zero attached hydrogens (tertiary/aromatic N) is 1. The number of hydrogen-bond donors (Lipinski definition) is 0. The molecule has 4 heteroatoms. The largest absolute Gasteiger partial charge is 0.298 e. The third kappa shape index (κ3) is 4.74. The van der Waals surface area contributed by atoms with E-state index in [4.69, 9.17) is 0 Å². The lowest BCUT2D eigenvalue weighted by Gasteiger charge is -1.96. The minimum atomic E-state index is 0.163. The van der Waals surface area contributed by atoms with Crippen molar-refractivity contribution in [2.24, 2.45) is 0 Å². The van der Waals surface area contributed by atoms with E-state index in [2.05, 4.69) is 0 Å². The van der Waals surface area contributed by atoms with Crippen molar-refractivity contribution >= 4 is 23.2 Å². The average Bonchev–Trinajstić information content (AvgIpc) is 2.25. The zero-order chi connectivity index (χ0) is 11.1. The van der Waals surface area contributed by atoms with Crippen LogP contribution >= 0.6 is 11.8 Å². The summed E-state index contributed by atoms with van der Waals surface area (Å²) in [6, 6.07) is 3.57. The van der Waals surface area contributed by atoms with E-state index in [9.17, 15) is 9.59 Å². The van der Waals surface area contributed by atoms with Crippen molar-refractivity contribution in [1.82, 2.24) is 0 Å². The zero-order valence-electron chi connectivity index (χ0n) is 8.68. The first-order chi connectivity index (χ1) is 7.22. The van der Waals surface area contributed by atoms with Gasteiger partial charge in [-0.3, -0.25) is 9.59 Å². The number of carbonyl (C=O) groups is 2. The molecular weight excluding hydrogens is 210 g/mol. The van der Waals surface area contributed by atoms with Crippen LogP contribution in [0.15, 0.2) is 24.5 Å². The minimum absolute atomic E-state index is 0.163. The van der Waals surface area contributed by atoms with Crippen molar-refractivity contribution in [2.75, 3.05) is 5.75 Å². The molecule has 0 saturated heterocycles. The molecule has 80 valence electrons. The molecule has 0 radical (unpaired) electrons. The first-order valence-electron chi connectivity index (χ1n) is 4.80. The second kappa shape index (κ2) is 6.35. The second-order valence-corrected chi connectivity index (χ2v) is 4.45. The minimum Gasteiger partial charge on any atom is -0.298 e. The third-order valence-electron chi connectivity index (χ3n) is 1.92. The Hall–Kier alpha value is -1.16. The number of aryl methyl sites for hydroxylation is 1. The lowest BCUT2D eigenvalue weighted by atomic mass is 10.3. The van der Waals surface area contributed by atoms with E-state index in [1.807, 2.05) is 17.0 Å². The first-order valence-corrected chi connectivity index (χ1v) is 5.78. The summed E-state index contributed by atoms with van der Waals surface area (Å²) >= 11 is 1.35. The highest BCUT2D eigenvalue weighted by Gasteiger charge is 2.01. The van der Waals surface area contributed by atoms with Crippen LogP contribution < -0.4 is 4.57 Å². The quantitative estimate of drug-likeness (QED) is 0.432. The highest BCUT2D eigenvalue weighted by Crippen LogP contribution is 2.02. The van der Waals surface area contributed by atoms with E-state index in [1.54, 1.807) is 19.1 Å². The number of hydrogen-bond acceptors (Lipinski definition) is 3. The van der Waals surface area contributed by atoms with Gasteiger partial charge in [0, 0.05) is 36.8 Å². The monoisotopic (exact) mass is 224 g/mol. The molecule has 1 heterocycles. The molecule has 0 fully saturated rings. The van der Waals surface area contributed by atoms with Crippen molar-refractivity contribution in [1.29, 1.82) is 0 Å². The van der Waals surface area contributed by atoms with Gasteiger partial charge in [-0.15, -0.1) is 0 Å². The van der Waals surface area contributed by atoms with E-state index < -0.39 is 0 Å². The van der Waals surface area contributed by atoms with E-state index in [0.29, 0.717) is 5.56 Å². The Labute approximate surface area is 93.5 Å². The fourth-order valence-corrected chi connectivity index (χ4v) is 1.72. The molecule has 0 spiro atoms. The van der Waals surface area contributed by atoms with Crippen LogP contribution in [0.2, 0.25) is 0 Å². The summed E-state index contributed by atoms with van der Waals surface area (Å²) in [5, 5.41) is 0.163. The van der Waals surface area contributed by atoms with Crippen LogP contribution in [0.5, 0.6) is 0 Å². The summed E-state index contributed by atoms with van der Waals surface area (Å²) in [7, 11) is 0. The predicted octanol–water partition coefficient (Wildman–Crippen LogP) is 1.46. The Morgan fingerprint density at radius 2 is 2.13 bits per heavy atom. The van der Waals surface area contributed by atoms with Crippen LogP contribution in [-0.2, 0) is 11.3 Å². The number of pyridine rings is 1. The number of aldehydes is 1. The first kappa shape index (κ1) is 11.9. The second-order valence-electron chi connectivity index (χ2n) is 3.18.